The Bertz CT molecular complexity index is 921. The number of fused-ring (bicyclic) bond motifs is 1. The SMILES string of the molecule is CC(C)COc1ccc(S(=O)(=O)Nc2ccc3c(c2)CC(=O)N3C)cc1. The molecule has 138 valence electrons. The molecule has 0 bridgehead atoms. The highest BCUT2D eigenvalue weighted by Crippen LogP contribution is 2.31. The maximum absolute atomic E-state index is 12.6. The number of amides is 1. The average Bonchev–Trinajstić information content (AvgIpc) is 2.87. The van der Waals surface area contributed by atoms with Crippen molar-refractivity contribution in [2.24, 2.45) is 5.92 Å². The number of rotatable bonds is 6. The van der Waals surface area contributed by atoms with Crippen LogP contribution in [0.25, 0.3) is 0 Å². The second kappa shape index (κ2) is 6.99. The molecule has 0 aliphatic carbocycles. The van der Waals surface area contributed by atoms with Crippen LogP contribution in [0.1, 0.15) is 19.4 Å². The number of carbonyl (C=O) groups excluding carboxylic acids is 1. The Morgan fingerprint density at radius 2 is 1.85 bits per heavy atom. The van der Waals surface area contributed by atoms with Gasteiger partial charge in [-0.3, -0.25) is 9.52 Å². The first-order valence-electron chi connectivity index (χ1n) is 8.41. The molecule has 0 spiro atoms. The van der Waals surface area contributed by atoms with E-state index in [0.717, 1.165) is 11.3 Å². The highest BCUT2D eigenvalue weighted by Gasteiger charge is 2.24. The number of hydrogen-bond donors (Lipinski definition) is 1. The fourth-order valence-corrected chi connectivity index (χ4v) is 3.78. The molecule has 0 saturated heterocycles. The molecule has 0 saturated carbocycles. The van der Waals surface area contributed by atoms with Gasteiger partial charge < -0.3 is 9.64 Å². The van der Waals surface area contributed by atoms with Gasteiger partial charge in [-0.25, -0.2) is 8.42 Å². The maximum Gasteiger partial charge on any atom is 0.261 e. The van der Waals surface area contributed by atoms with E-state index in [1.807, 2.05) is 13.8 Å². The summed E-state index contributed by atoms with van der Waals surface area (Å²) in [5.74, 6) is 1.03. The topological polar surface area (TPSA) is 75.7 Å². The molecule has 0 aromatic heterocycles. The number of sulfonamides is 1. The lowest BCUT2D eigenvalue weighted by atomic mass is 10.1. The van der Waals surface area contributed by atoms with Crippen molar-refractivity contribution in [2.75, 3.05) is 23.3 Å². The van der Waals surface area contributed by atoms with Crippen LogP contribution in [-0.2, 0) is 21.2 Å². The number of nitrogens with one attached hydrogen (secondary N) is 1. The second-order valence-corrected chi connectivity index (χ2v) is 8.44. The summed E-state index contributed by atoms with van der Waals surface area (Å²) in [4.78, 5) is 13.5. The molecule has 6 nitrogen and oxygen atoms in total. The van der Waals surface area contributed by atoms with Crippen molar-refractivity contribution in [3.8, 4) is 5.75 Å². The van der Waals surface area contributed by atoms with Gasteiger partial charge in [-0.15, -0.1) is 0 Å². The van der Waals surface area contributed by atoms with E-state index in [4.69, 9.17) is 4.74 Å². The molecule has 7 heteroatoms. The average molecular weight is 374 g/mol. The van der Waals surface area contributed by atoms with Crippen LogP contribution in [0.4, 0.5) is 11.4 Å². The monoisotopic (exact) mass is 374 g/mol. The second-order valence-electron chi connectivity index (χ2n) is 6.75. The van der Waals surface area contributed by atoms with Crippen LogP contribution in [0.2, 0.25) is 0 Å². The highest BCUT2D eigenvalue weighted by atomic mass is 32.2. The summed E-state index contributed by atoms with van der Waals surface area (Å²) in [5, 5.41) is 0. The fourth-order valence-electron chi connectivity index (χ4n) is 2.73. The Kier molecular flexibility index (Phi) is 4.91. The smallest absolute Gasteiger partial charge is 0.261 e. The molecule has 1 aliphatic heterocycles. The Morgan fingerprint density at radius 3 is 2.50 bits per heavy atom. The number of ether oxygens (including phenoxy) is 1. The van der Waals surface area contributed by atoms with E-state index in [1.165, 1.54) is 12.1 Å². The summed E-state index contributed by atoms with van der Waals surface area (Å²) in [7, 11) is -2.00. The number of carbonyl (C=O) groups is 1. The molecule has 2 aromatic carbocycles. The molecule has 2 aromatic rings. The van der Waals surface area contributed by atoms with Crippen LogP contribution in [0.3, 0.4) is 0 Å². The van der Waals surface area contributed by atoms with Gasteiger partial charge in [0.15, 0.2) is 0 Å². The summed E-state index contributed by atoms with van der Waals surface area (Å²) in [6, 6.07) is 11.4. The first kappa shape index (κ1) is 18.3. The minimum atomic E-state index is -3.71. The normalized spacial score (nSPS) is 13.8. The largest absolute Gasteiger partial charge is 0.493 e. The van der Waals surface area contributed by atoms with Crippen molar-refractivity contribution < 1.29 is 17.9 Å². The fraction of sp³-hybridized carbons (Fsp3) is 0.316. The quantitative estimate of drug-likeness (QED) is 0.843. The molecule has 0 fully saturated rings. The van der Waals surface area contributed by atoms with Gasteiger partial charge in [-0.1, -0.05) is 13.8 Å². The number of hydrogen-bond acceptors (Lipinski definition) is 4. The van der Waals surface area contributed by atoms with E-state index in [-0.39, 0.29) is 17.2 Å². The van der Waals surface area contributed by atoms with Crippen molar-refractivity contribution in [1.29, 1.82) is 0 Å². The zero-order valence-corrected chi connectivity index (χ0v) is 15.8. The molecule has 1 amide bonds. The van der Waals surface area contributed by atoms with Gasteiger partial charge in [0.2, 0.25) is 5.91 Å². The molecule has 3 rings (SSSR count). The first-order valence-corrected chi connectivity index (χ1v) is 9.90. The van der Waals surface area contributed by atoms with Crippen LogP contribution >= 0.6 is 0 Å². The maximum atomic E-state index is 12.6. The van der Waals surface area contributed by atoms with E-state index in [0.29, 0.717) is 24.0 Å². The summed E-state index contributed by atoms with van der Waals surface area (Å²) >= 11 is 0. The minimum Gasteiger partial charge on any atom is -0.493 e. The molecular weight excluding hydrogens is 352 g/mol. The Labute approximate surface area is 153 Å². The third-order valence-corrected chi connectivity index (χ3v) is 5.52. The molecule has 0 unspecified atom stereocenters. The van der Waals surface area contributed by atoms with Gasteiger partial charge in [0.1, 0.15) is 5.75 Å². The van der Waals surface area contributed by atoms with Gasteiger partial charge in [-0.2, -0.15) is 0 Å². The zero-order valence-electron chi connectivity index (χ0n) is 15.0. The van der Waals surface area contributed by atoms with Crippen molar-refractivity contribution >= 4 is 27.3 Å². The van der Waals surface area contributed by atoms with Gasteiger partial charge in [0.05, 0.1) is 17.9 Å². The lowest BCUT2D eigenvalue weighted by Crippen LogP contribution is -2.20. The Morgan fingerprint density at radius 1 is 1.15 bits per heavy atom. The van der Waals surface area contributed by atoms with Gasteiger partial charge >= 0.3 is 0 Å². The molecule has 1 heterocycles. The zero-order chi connectivity index (χ0) is 18.9. The predicted octanol–water partition coefficient (Wildman–Crippen LogP) is 3.04. The van der Waals surface area contributed by atoms with Gasteiger partial charge in [0, 0.05) is 18.4 Å². The standard InChI is InChI=1S/C19H22N2O4S/c1-13(2)12-25-16-5-7-17(8-6-16)26(23,24)20-15-4-9-18-14(10-15)11-19(22)21(18)3/h4-10,13,20H,11-12H2,1-3H3. The lowest BCUT2D eigenvalue weighted by Gasteiger charge is -2.13. The number of anilines is 2. The Balaban J connectivity index is 1.75. The van der Waals surface area contributed by atoms with Gasteiger partial charge in [-0.05, 0) is 53.9 Å². The third kappa shape index (κ3) is 3.83. The van der Waals surface area contributed by atoms with E-state index < -0.39 is 10.0 Å². The number of likely N-dealkylation sites (N-methyl/N-ethyl adjacent to an activating group) is 1. The van der Waals surface area contributed by atoms with Crippen LogP contribution in [0, 0.1) is 5.92 Å². The van der Waals surface area contributed by atoms with Crippen molar-refractivity contribution in [3.63, 3.8) is 0 Å². The van der Waals surface area contributed by atoms with Gasteiger partial charge in [0.25, 0.3) is 10.0 Å². The highest BCUT2D eigenvalue weighted by molar-refractivity contribution is 7.92. The molecular formula is C19H22N2O4S. The van der Waals surface area contributed by atoms with E-state index in [2.05, 4.69) is 4.72 Å². The minimum absolute atomic E-state index is 0.00278. The number of nitrogens with zero attached hydrogens (tertiary/aromatic N) is 1. The van der Waals surface area contributed by atoms with Crippen LogP contribution in [0.15, 0.2) is 47.4 Å². The lowest BCUT2D eigenvalue weighted by molar-refractivity contribution is -0.117. The molecule has 1 aliphatic rings. The molecule has 0 radical (unpaired) electrons. The molecule has 26 heavy (non-hydrogen) atoms. The summed E-state index contributed by atoms with van der Waals surface area (Å²) in [5.41, 5.74) is 2.06. The van der Waals surface area contributed by atoms with Crippen molar-refractivity contribution in [3.05, 3.63) is 48.0 Å². The predicted molar refractivity (Wildman–Crippen MR) is 101 cm³/mol. The van der Waals surface area contributed by atoms with Crippen LogP contribution < -0.4 is 14.4 Å². The van der Waals surface area contributed by atoms with Crippen LogP contribution in [0.5, 0.6) is 5.75 Å². The van der Waals surface area contributed by atoms with E-state index in [1.54, 1.807) is 42.3 Å². The summed E-state index contributed by atoms with van der Waals surface area (Å²) in [6.45, 7) is 4.67. The van der Waals surface area contributed by atoms with Crippen LogP contribution in [-0.4, -0.2) is 28.0 Å². The van der Waals surface area contributed by atoms with E-state index in [9.17, 15) is 13.2 Å². The van der Waals surface area contributed by atoms with E-state index >= 15 is 0 Å². The first-order chi connectivity index (χ1) is 12.3. The molecule has 0 atom stereocenters. The third-order valence-electron chi connectivity index (χ3n) is 4.13. The number of benzene rings is 2. The van der Waals surface area contributed by atoms with Crippen molar-refractivity contribution in [2.45, 2.75) is 25.2 Å². The summed E-state index contributed by atoms with van der Waals surface area (Å²) in [6.07, 6.45) is 0.281. The molecule has 1 N–H and O–H groups in total. The van der Waals surface area contributed by atoms with Crippen molar-refractivity contribution in [1.82, 2.24) is 0 Å². The summed E-state index contributed by atoms with van der Waals surface area (Å²) < 4.78 is 33.3. The Hall–Kier alpha value is -2.54.